The SMILES string of the molecule is N#Cc1ccc(-c2ccc(C[C@H](NC(=O)[C@@H]3Cc4cc5c(cc4CN3Cc3ccco3)OC(c3ccc(OCc4ccc(Cl)c(Cl)c4)cc3)CO5)C(=O)O)cc2)cc1. The maximum Gasteiger partial charge on any atom is 0.326 e. The molecule has 0 saturated carbocycles. The van der Waals surface area contributed by atoms with Crippen LogP contribution in [0.1, 0.15) is 45.2 Å². The number of ether oxygens (including phenoxy) is 3. The molecule has 3 heterocycles. The third-order valence-corrected chi connectivity index (χ3v) is 11.1. The summed E-state index contributed by atoms with van der Waals surface area (Å²) in [4.78, 5) is 28.5. The molecule has 0 fully saturated rings. The van der Waals surface area contributed by atoms with Crippen molar-refractivity contribution in [3.63, 3.8) is 0 Å². The number of carboxylic acids is 1. The Morgan fingerprint density at radius 2 is 1.60 bits per heavy atom. The third kappa shape index (κ3) is 8.82. The lowest BCUT2D eigenvalue weighted by atomic mass is 9.92. The van der Waals surface area contributed by atoms with Crippen molar-refractivity contribution in [2.45, 2.75) is 50.7 Å². The Hall–Kier alpha value is -6.25. The van der Waals surface area contributed by atoms with Gasteiger partial charge in [-0.05, 0) is 106 Å². The molecule has 8 rings (SSSR count). The van der Waals surface area contributed by atoms with Gasteiger partial charge >= 0.3 is 5.97 Å². The fraction of sp³-hybridized carbons (Fsp3) is 0.196. The molecule has 0 radical (unpaired) electrons. The molecule has 12 heteroatoms. The molecule has 2 aliphatic rings. The van der Waals surface area contributed by atoms with Crippen molar-refractivity contribution in [3.8, 4) is 34.4 Å². The van der Waals surface area contributed by atoms with Crippen molar-refractivity contribution in [1.29, 1.82) is 5.26 Å². The highest BCUT2D eigenvalue weighted by Crippen LogP contribution is 2.41. The van der Waals surface area contributed by atoms with Gasteiger partial charge in [-0.2, -0.15) is 5.26 Å². The van der Waals surface area contributed by atoms with Crippen molar-refractivity contribution in [3.05, 3.63) is 171 Å². The zero-order valence-electron chi connectivity index (χ0n) is 31.1. The van der Waals surface area contributed by atoms with Crippen LogP contribution in [-0.2, 0) is 42.1 Å². The van der Waals surface area contributed by atoms with Crippen LogP contribution in [0.4, 0.5) is 0 Å². The summed E-state index contributed by atoms with van der Waals surface area (Å²) in [5, 5.41) is 23.1. The molecule has 1 aromatic heterocycles. The number of halogens is 2. The van der Waals surface area contributed by atoms with Crippen molar-refractivity contribution in [2.75, 3.05) is 6.61 Å². The molecule has 292 valence electrons. The van der Waals surface area contributed by atoms with Gasteiger partial charge in [-0.1, -0.05) is 77.8 Å². The Morgan fingerprint density at radius 1 is 0.879 bits per heavy atom. The lowest BCUT2D eigenvalue weighted by molar-refractivity contribution is -0.143. The number of carboxylic acid groups (broad SMARTS) is 1. The van der Waals surface area contributed by atoms with Crippen LogP contribution >= 0.6 is 23.2 Å². The quantitative estimate of drug-likeness (QED) is 0.124. The van der Waals surface area contributed by atoms with E-state index in [1.165, 1.54) is 0 Å². The van der Waals surface area contributed by atoms with Gasteiger partial charge < -0.3 is 29.1 Å². The van der Waals surface area contributed by atoms with E-state index in [4.69, 9.17) is 47.1 Å². The molecular weight excluding hydrogens is 777 g/mol. The Morgan fingerprint density at radius 3 is 2.29 bits per heavy atom. The molecule has 6 aromatic rings. The van der Waals surface area contributed by atoms with Crippen LogP contribution in [0.2, 0.25) is 10.0 Å². The van der Waals surface area contributed by atoms with Crippen molar-refractivity contribution in [1.82, 2.24) is 10.2 Å². The molecule has 2 aliphatic heterocycles. The van der Waals surface area contributed by atoms with Crippen LogP contribution in [0.15, 0.2) is 126 Å². The predicted molar refractivity (Wildman–Crippen MR) is 218 cm³/mol. The maximum absolute atomic E-state index is 14.1. The predicted octanol–water partition coefficient (Wildman–Crippen LogP) is 8.96. The number of benzene rings is 5. The number of fused-ring (bicyclic) bond motifs is 2. The van der Waals surface area contributed by atoms with Crippen LogP contribution in [0, 0.1) is 11.3 Å². The molecule has 5 aromatic carbocycles. The van der Waals surface area contributed by atoms with Gasteiger partial charge in [-0.15, -0.1) is 0 Å². The molecule has 10 nitrogen and oxygen atoms in total. The minimum Gasteiger partial charge on any atom is -0.489 e. The van der Waals surface area contributed by atoms with Gasteiger partial charge in [0, 0.05) is 13.0 Å². The molecule has 0 saturated heterocycles. The zero-order valence-corrected chi connectivity index (χ0v) is 32.6. The van der Waals surface area contributed by atoms with E-state index in [-0.39, 0.29) is 12.5 Å². The third-order valence-electron chi connectivity index (χ3n) is 10.4. The lowest BCUT2D eigenvalue weighted by Crippen LogP contribution is -2.54. The van der Waals surface area contributed by atoms with E-state index < -0.39 is 24.0 Å². The van der Waals surface area contributed by atoms with Crippen molar-refractivity contribution < 1.29 is 33.3 Å². The van der Waals surface area contributed by atoms with Crippen LogP contribution < -0.4 is 19.5 Å². The number of rotatable bonds is 12. The second kappa shape index (κ2) is 17.1. The van der Waals surface area contributed by atoms with Crippen molar-refractivity contribution in [2.24, 2.45) is 0 Å². The van der Waals surface area contributed by atoms with E-state index in [1.807, 2.05) is 89.8 Å². The molecule has 58 heavy (non-hydrogen) atoms. The van der Waals surface area contributed by atoms with E-state index in [0.29, 0.717) is 71.3 Å². The van der Waals surface area contributed by atoms with Gasteiger partial charge in [0.25, 0.3) is 0 Å². The molecular formula is C46H37Cl2N3O7. The van der Waals surface area contributed by atoms with Crippen LogP contribution in [0.5, 0.6) is 17.2 Å². The number of nitriles is 1. The summed E-state index contributed by atoms with van der Waals surface area (Å²) < 4.78 is 24.3. The summed E-state index contributed by atoms with van der Waals surface area (Å²) >= 11 is 12.2. The van der Waals surface area contributed by atoms with Gasteiger partial charge in [0.1, 0.15) is 30.8 Å². The highest BCUT2D eigenvalue weighted by Gasteiger charge is 2.36. The number of hydrogen-bond donors (Lipinski definition) is 2. The highest BCUT2D eigenvalue weighted by molar-refractivity contribution is 6.42. The average Bonchev–Trinajstić information content (AvgIpc) is 3.76. The minimum absolute atomic E-state index is 0.102. The van der Waals surface area contributed by atoms with E-state index >= 15 is 0 Å². The molecule has 0 aliphatic carbocycles. The number of nitrogens with zero attached hydrogens (tertiary/aromatic N) is 2. The highest BCUT2D eigenvalue weighted by atomic mass is 35.5. The number of carbonyl (C=O) groups is 2. The van der Waals surface area contributed by atoms with Gasteiger partial charge in [-0.25, -0.2) is 4.79 Å². The Balaban J connectivity index is 0.945. The van der Waals surface area contributed by atoms with Crippen LogP contribution in [0.3, 0.4) is 0 Å². The zero-order chi connectivity index (χ0) is 40.2. The first-order valence-electron chi connectivity index (χ1n) is 18.7. The first-order valence-corrected chi connectivity index (χ1v) is 19.5. The average molecular weight is 815 g/mol. The minimum atomic E-state index is -1.15. The van der Waals surface area contributed by atoms with Crippen LogP contribution in [-0.4, -0.2) is 40.6 Å². The standard InChI is InChI=1S/C46H37Cl2N3O7/c47-38-16-7-30(18-39(38)48)26-56-36-14-12-33(13-15-36)44-27-57-42-21-34-20-41(51(25-37-2-1-17-55-37)24-35(34)22-43(42)58-44)45(52)50-40(46(53)54)19-28-3-8-31(9-4-28)32-10-5-29(23-49)6-11-32/h1-18,21-22,40-41,44H,19-20,24-27H2,(H,50,52)(H,53,54)/t40-,41-,44?/m0/s1. The maximum atomic E-state index is 14.1. The molecule has 1 amide bonds. The summed E-state index contributed by atoms with van der Waals surface area (Å²) in [6.07, 6.45) is 1.67. The fourth-order valence-electron chi connectivity index (χ4n) is 7.25. The van der Waals surface area contributed by atoms with E-state index in [2.05, 4.69) is 11.4 Å². The van der Waals surface area contributed by atoms with Gasteiger partial charge in [0.2, 0.25) is 5.91 Å². The molecule has 0 spiro atoms. The monoisotopic (exact) mass is 813 g/mol. The molecule has 3 atom stereocenters. The second-order valence-corrected chi connectivity index (χ2v) is 15.1. The van der Waals surface area contributed by atoms with E-state index in [9.17, 15) is 14.7 Å². The number of carbonyl (C=O) groups excluding carboxylic acids is 1. The summed E-state index contributed by atoms with van der Waals surface area (Å²) in [6.45, 7) is 1.37. The van der Waals surface area contributed by atoms with E-state index in [0.717, 1.165) is 38.9 Å². The topological polar surface area (TPSA) is 134 Å². The summed E-state index contributed by atoms with van der Waals surface area (Å²) in [5.74, 6) is 1.05. The first kappa shape index (κ1) is 38.6. The van der Waals surface area contributed by atoms with Gasteiger partial charge in [0.05, 0.1) is 40.5 Å². The summed E-state index contributed by atoms with van der Waals surface area (Å²) in [7, 11) is 0. The smallest absolute Gasteiger partial charge is 0.326 e. The number of aliphatic carboxylic acids is 1. The van der Waals surface area contributed by atoms with Gasteiger partial charge in [0.15, 0.2) is 17.6 Å². The Kier molecular flexibility index (Phi) is 11.4. The Labute approximate surface area is 345 Å². The summed E-state index contributed by atoms with van der Waals surface area (Å²) in [6, 6.07) is 35.7. The molecule has 0 bridgehead atoms. The first-order chi connectivity index (χ1) is 28.2. The molecule has 2 N–H and O–H groups in total. The number of furan rings is 1. The van der Waals surface area contributed by atoms with Gasteiger partial charge in [-0.3, -0.25) is 9.69 Å². The van der Waals surface area contributed by atoms with Crippen LogP contribution in [0.25, 0.3) is 11.1 Å². The summed E-state index contributed by atoms with van der Waals surface area (Å²) in [5.41, 5.74) is 6.94. The lowest BCUT2D eigenvalue weighted by Gasteiger charge is -2.37. The number of nitrogens with one attached hydrogen (secondary N) is 1. The van der Waals surface area contributed by atoms with E-state index in [1.54, 1.807) is 36.6 Å². The largest absolute Gasteiger partial charge is 0.489 e. The Bertz CT molecular complexity index is 2470. The van der Waals surface area contributed by atoms with Crippen molar-refractivity contribution >= 4 is 35.1 Å². The number of hydrogen-bond acceptors (Lipinski definition) is 8. The molecule has 1 unspecified atom stereocenters. The fourth-order valence-corrected chi connectivity index (χ4v) is 7.57. The second-order valence-electron chi connectivity index (χ2n) is 14.3. The number of amides is 1. The normalized spacial score (nSPS) is 16.4.